The Morgan fingerprint density at radius 1 is 1.38 bits per heavy atom. The van der Waals surface area contributed by atoms with Crippen LogP contribution in [0.15, 0.2) is 0 Å². The molecule has 0 N–H and O–H groups in total. The zero-order valence-corrected chi connectivity index (χ0v) is 12.5. The van der Waals surface area contributed by atoms with Gasteiger partial charge in [0, 0.05) is 13.1 Å². The van der Waals surface area contributed by atoms with Crippen molar-refractivity contribution < 1.29 is 4.79 Å². The molecule has 0 aromatic heterocycles. The Hall–Kier alpha value is 0.300. The van der Waals surface area contributed by atoms with Gasteiger partial charge in [-0.1, -0.05) is 28.8 Å². The Morgan fingerprint density at radius 3 is 2.88 bits per heavy atom. The molecule has 0 aliphatic carbocycles. The number of carbonyl (C=O) groups is 1. The molecular formula is C12H22BrNOS. The molecule has 0 saturated carbocycles. The Kier molecular flexibility index (Phi) is 7.54. The molecule has 0 spiro atoms. The average molecular weight is 308 g/mol. The molecule has 1 aliphatic heterocycles. The van der Waals surface area contributed by atoms with Crippen molar-refractivity contribution in [3.63, 3.8) is 0 Å². The van der Waals surface area contributed by atoms with Crippen molar-refractivity contribution in [1.82, 2.24) is 4.90 Å². The fourth-order valence-corrected chi connectivity index (χ4v) is 3.12. The molecular weight excluding hydrogens is 286 g/mol. The third-order valence-corrected chi connectivity index (χ3v) is 4.54. The van der Waals surface area contributed by atoms with Crippen LogP contribution in [0.1, 0.15) is 38.5 Å². The van der Waals surface area contributed by atoms with Crippen molar-refractivity contribution in [3.8, 4) is 0 Å². The second-order valence-corrected chi connectivity index (χ2v) is 6.43. The molecule has 1 saturated heterocycles. The largest absolute Gasteiger partial charge is 0.342 e. The highest BCUT2D eigenvalue weighted by Gasteiger charge is 2.25. The second-order valence-electron chi connectivity index (χ2n) is 4.34. The number of hydrogen-bond donors (Lipinski definition) is 0. The first-order valence-electron chi connectivity index (χ1n) is 6.17. The summed E-state index contributed by atoms with van der Waals surface area (Å²) in [6.07, 6.45) is 9.35. The molecule has 0 bridgehead atoms. The van der Waals surface area contributed by atoms with Gasteiger partial charge in [-0.25, -0.2) is 0 Å². The molecule has 0 aromatic carbocycles. The number of alkyl halides is 1. The van der Waals surface area contributed by atoms with Crippen molar-refractivity contribution in [2.75, 3.05) is 25.1 Å². The van der Waals surface area contributed by atoms with Gasteiger partial charge < -0.3 is 4.90 Å². The average Bonchev–Trinajstić information content (AvgIpc) is 2.29. The van der Waals surface area contributed by atoms with Crippen LogP contribution in [-0.4, -0.2) is 40.7 Å². The van der Waals surface area contributed by atoms with Gasteiger partial charge in [-0.05, 0) is 37.7 Å². The van der Waals surface area contributed by atoms with Crippen molar-refractivity contribution in [1.29, 1.82) is 0 Å². The first-order chi connectivity index (χ1) is 7.75. The van der Waals surface area contributed by atoms with Crippen LogP contribution in [0, 0.1) is 0 Å². The summed E-state index contributed by atoms with van der Waals surface area (Å²) < 4.78 is 0. The minimum Gasteiger partial charge on any atom is -0.342 e. The van der Waals surface area contributed by atoms with E-state index >= 15 is 0 Å². The number of hydrogen-bond acceptors (Lipinski definition) is 2. The number of carbonyl (C=O) groups excluding carboxylic acids is 1. The maximum atomic E-state index is 11.8. The number of thioether (sulfide) groups is 1. The zero-order chi connectivity index (χ0) is 11.8. The summed E-state index contributed by atoms with van der Waals surface area (Å²) in [6.45, 7) is 1.92. The number of unbranched alkanes of at least 4 members (excludes halogenated alkanes) is 3. The smallest absolute Gasteiger partial charge is 0.236 e. The fraction of sp³-hybridized carbons (Fsp3) is 0.917. The summed E-state index contributed by atoms with van der Waals surface area (Å²) in [5.41, 5.74) is 0. The van der Waals surface area contributed by atoms with Crippen LogP contribution in [0.2, 0.25) is 0 Å². The third kappa shape index (κ3) is 5.09. The molecule has 1 heterocycles. The van der Waals surface area contributed by atoms with E-state index in [9.17, 15) is 4.79 Å². The predicted octanol–water partition coefficient (Wildman–Crippen LogP) is 3.30. The van der Waals surface area contributed by atoms with Gasteiger partial charge in [0.2, 0.25) is 5.91 Å². The highest BCUT2D eigenvalue weighted by molar-refractivity contribution is 9.10. The van der Waals surface area contributed by atoms with E-state index in [1.165, 1.54) is 31.4 Å². The molecule has 94 valence electrons. The molecule has 1 amide bonds. The molecule has 4 heteroatoms. The lowest BCUT2D eigenvalue weighted by molar-refractivity contribution is -0.132. The molecule has 1 rings (SSSR count). The summed E-state index contributed by atoms with van der Waals surface area (Å²) in [7, 11) is 0. The van der Waals surface area contributed by atoms with Crippen LogP contribution >= 0.6 is 27.7 Å². The first-order valence-corrected chi connectivity index (χ1v) is 8.48. The first kappa shape index (κ1) is 14.4. The Morgan fingerprint density at radius 2 is 2.12 bits per heavy atom. The van der Waals surface area contributed by atoms with Crippen LogP contribution in [0.5, 0.6) is 0 Å². The second kappa shape index (κ2) is 8.40. The minimum atomic E-state index is 0.0812. The topological polar surface area (TPSA) is 20.3 Å². The van der Waals surface area contributed by atoms with E-state index in [2.05, 4.69) is 22.2 Å². The molecule has 0 radical (unpaired) electrons. The van der Waals surface area contributed by atoms with Crippen LogP contribution in [-0.2, 0) is 4.79 Å². The molecule has 16 heavy (non-hydrogen) atoms. The Bertz CT molecular complexity index is 213. The normalized spacial score (nSPS) is 21.5. The van der Waals surface area contributed by atoms with E-state index in [-0.39, 0.29) is 4.83 Å². The van der Waals surface area contributed by atoms with Crippen molar-refractivity contribution >= 4 is 33.6 Å². The lowest BCUT2D eigenvalue weighted by Gasteiger charge is -2.29. The summed E-state index contributed by atoms with van der Waals surface area (Å²) in [4.78, 5) is 13.9. The molecule has 0 aromatic rings. The highest BCUT2D eigenvalue weighted by atomic mass is 79.9. The molecule has 1 aliphatic rings. The third-order valence-electron chi connectivity index (χ3n) is 2.99. The fourth-order valence-electron chi connectivity index (χ4n) is 2.02. The van der Waals surface area contributed by atoms with Crippen LogP contribution in [0.3, 0.4) is 0 Å². The van der Waals surface area contributed by atoms with Gasteiger partial charge in [0.05, 0.1) is 4.83 Å². The zero-order valence-electron chi connectivity index (χ0n) is 10.1. The summed E-state index contributed by atoms with van der Waals surface area (Å²) in [5, 5.41) is 0. The number of halogens is 1. The van der Waals surface area contributed by atoms with Gasteiger partial charge in [0.15, 0.2) is 0 Å². The van der Waals surface area contributed by atoms with Crippen molar-refractivity contribution in [2.45, 2.75) is 43.4 Å². The Balaban J connectivity index is 2.05. The maximum absolute atomic E-state index is 11.8. The summed E-state index contributed by atoms with van der Waals surface area (Å²) in [6, 6.07) is 0. The van der Waals surface area contributed by atoms with E-state index in [0.717, 1.165) is 25.9 Å². The monoisotopic (exact) mass is 307 g/mol. The lowest BCUT2D eigenvalue weighted by Crippen LogP contribution is -2.42. The predicted molar refractivity (Wildman–Crippen MR) is 75.4 cm³/mol. The molecule has 2 nitrogen and oxygen atoms in total. The van der Waals surface area contributed by atoms with E-state index in [1.54, 1.807) is 0 Å². The number of nitrogens with zero attached hydrogens (tertiary/aromatic N) is 1. The van der Waals surface area contributed by atoms with Gasteiger partial charge in [0.25, 0.3) is 0 Å². The summed E-state index contributed by atoms with van der Waals surface area (Å²) >= 11 is 5.36. The van der Waals surface area contributed by atoms with Gasteiger partial charge in [-0.2, -0.15) is 11.8 Å². The standard InChI is InChI=1S/C12H22BrNOS/c1-16-10-5-3-2-4-8-14-9-6-7-11(13)12(14)15/h11H,2-10H2,1H3. The van der Waals surface area contributed by atoms with Gasteiger partial charge in [0.1, 0.15) is 0 Å². The lowest BCUT2D eigenvalue weighted by atomic mass is 10.1. The number of rotatable bonds is 7. The molecule has 1 atom stereocenters. The van der Waals surface area contributed by atoms with Gasteiger partial charge in [-0.15, -0.1) is 0 Å². The molecule has 1 fully saturated rings. The van der Waals surface area contributed by atoms with Gasteiger partial charge in [-0.3, -0.25) is 4.79 Å². The van der Waals surface area contributed by atoms with E-state index in [1.807, 2.05) is 16.7 Å². The van der Waals surface area contributed by atoms with E-state index in [0.29, 0.717) is 5.91 Å². The Labute approximate surface area is 112 Å². The SMILES string of the molecule is CSCCCCCCN1CCCC(Br)C1=O. The van der Waals surface area contributed by atoms with Crippen LogP contribution in [0.4, 0.5) is 0 Å². The number of amides is 1. The van der Waals surface area contributed by atoms with Gasteiger partial charge >= 0.3 is 0 Å². The minimum absolute atomic E-state index is 0.0812. The highest BCUT2D eigenvalue weighted by Crippen LogP contribution is 2.19. The van der Waals surface area contributed by atoms with Crippen molar-refractivity contribution in [2.24, 2.45) is 0 Å². The van der Waals surface area contributed by atoms with E-state index in [4.69, 9.17) is 0 Å². The molecule has 1 unspecified atom stereocenters. The summed E-state index contributed by atoms with van der Waals surface area (Å²) in [5.74, 6) is 1.57. The number of likely N-dealkylation sites (tertiary alicyclic amines) is 1. The van der Waals surface area contributed by atoms with Crippen molar-refractivity contribution in [3.05, 3.63) is 0 Å². The number of piperidine rings is 1. The van der Waals surface area contributed by atoms with E-state index < -0.39 is 0 Å². The van der Waals surface area contributed by atoms with Crippen LogP contribution < -0.4 is 0 Å². The maximum Gasteiger partial charge on any atom is 0.236 e. The van der Waals surface area contributed by atoms with Crippen LogP contribution in [0.25, 0.3) is 0 Å². The quantitative estimate of drug-likeness (QED) is 0.531.